The van der Waals surface area contributed by atoms with Crippen molar-refractivity contribution in [2.24, 2.45) is 0 Å². The smallest absolute Gasteiger partial charge is 0.409 e. The summed E-state index contributed by atoms with van der Waals surface area (Å²) in [6.07, 6.45) is 1.31. The predicted octanol–water partition coefficient (Wildman–Crippen LogP) is 2.79. The van der Waals surface area contributed by atoms with E-state index in [0.717, 1.165) is 5.56 Å². The second-order valence-corrected chi connectivity index (χ2v) is 7.51. The molecule has 0 radical (unpaired) electrons. The van der Waals surface area contributed by atoms with Crippen LogP contribution in [0.3, 0.4) is 0 Å². The molecule has 1 aliphatic rings. The number of hydrogen-bond acceptors (Lipinski definition) is 5. The van der Waals surface area contributed by atoms with Crippen LogP contribution in [0.1, 0.15) is 11.1 Å². The summed E-state index contributed by atoms with van der Waals surface area (Å²) in [7, 11) is 1.36. The first-order valence-electron chi connectivity index (χ1n) is 8.79. The van der Waals surface area contributed by atoms with E-state index in [4.69, 9.17) is 27.9 Å². The van der Waals surface area contributed by atoms with Gasteiger partial charge in [0.05, 0.1) is 13.7 Å². The number of halogens is 2. The molecule has 7 nitrogen and oxygen atoms in total. The van der Waals surface area contributed by atoms with E-state index in [1.54, 1.807) is 35.4 Å². The Bertz CT molecular complexity index is 904. The number of methoxy groups -OCH3 is 1. The van der Waals surface area contributed by atoms with Gasteiger partial charge >= 0.3 is 6.09 Å². The van der Waals surface area contributed by atoms with Crippen LogP contribution in [-0.2, 0) is 17.8 Å². The zero-order chi connectivity index (χ0) is 20.3. The normalized spacial score (nSPS) is 14.9. The second-order valence-electron chi connectivity index (χ2n) is 6.63. The van der Waals surface area contributed by atoms with Crippen LogP contribution in [0.2, 0.25) is 10.0 Å². The summed E-state index contributed by atoms with van der Waals surface area (Å²) in [5, 5.41) is 11.4. The van der Waals surface area contributed by atoms with Gasteiger partial charge in [0.1, 0.15) is 0 Å². The number of aromatic hydroxyl groups is 1. The van der Waals surface area contributed by atoms with Crippen molar-refractivity contribution >= 4 is 29.3 Å². The Balaban J connectivity index is 1.69. The number of hydrogen-bond donors (Lipinski definition) is 1. The largest absolute Gasteiger partial charge is 0.503 e. The van der Waals surface area contributed by atoms with Gasteiger partial charge in [-0.15, -0.1) is 0 Å². The van der Waals surface area contributed by atoms with Gasteiger partial charge in [-0.3, -0.25) is 9.69 Å². The molecule has 1 aliphatic heterocycles. The van der Waals surface area contributed by atoms with E-state index in [-0.39, 0.29) is 18.4 Å². The van der Waals surface area contributed by atoms with Crippen LogP contribution in [0.25, 0.3) is 0 Å². The Morgan fingerprint density at radius 3 is 2.36 bits per heavy atom. The molecule has 9 heteroatoms. The van der Waals surface area contributed by atoms with Crippen LogP contribution in [0.15, 0.2) is 35.3 Å². The van der Waals surface area contributed by atoms with Crippen molar-refractivity contribution in [2.75, 3.05) is 33.3 Å². The van der Waals surface area contributed by atoms with Crippen LogP contribution in [0.5, 0.6) is 5.75 Å². The van der Waals surface area contributed by atoms with Crippen LogP contribution >= 0.6 is 23.2 Å². The third-order valence-corrected chi connectivity index (χ3v) is 5.13. The number of benzene rings is 1. The molecule has 1 aromatic heterocycles. The van der Waals surface area contributed by atoms with Gasteiger partial charge in [0.2, 0.25) is 0 Å². The highest BCUT2D eigenvalue weighted by atomic mass is 35.5. The average molecular weight is 426 g/mol. The first kappa shape index (κ1) is 20.5. The summed E-state index contributed by atoms with van der Waals surface area (Å²) in [5.41, 5.74) is 0.851. The molecule has 2 heterocycles. The minimum atomic E-state index is -0.471. The molecule has 28 heavy (non-hydrogen) atoms. The van der Waals surface area contributed by atoms with Gasteiger partial charge < -0.3 is 19.3 Å². The molecule has 3 rings (SSSR count). The lowest BCUT2D eigenvalue weighted by atomic mass is 10.2. The number of piperazine rings is 1. The third kappa shape index (κ3) is 4.79. The van der Waals surface area contributed by atoms with E-state index < -0.39 is 5.56 Å². The predicted molar refractivity (Wildman–Crippen MR) is 107 cm³/mol. The number of rotatable bonds is 4. The van der Waals surface area contributed by atoms with Gasteiger partial charge in [0, 0.05) is 54.5 Å². The van der Waals surface area contributed by atoms with Gasteiger partial charge in [0.25, 0.3) is 5.56 Å². The van der Waals surface area contributed by atoms with Gasteiger partial charge in [-0.25, -0.2) is 4.79 Å². The highest BCUT2D eigenvalue weighted by Crippen LogP contribution is 2.20. The molecular weight excluding hydrogens is 405 g/mol. The van der Waals surface area contributed by atoms with Crippen molar-refractivity contribution in [3.05, 3.63) is 62.0 Å². The zero-order valence-electron chi connectivity index (χ0n) is 15.4. The highest BCUT2D eigenvalue weighted by molar-refractivity contribution is 6.34. The Morgan fingerprint density at radius 2 is 1.75 bits per heavy atom. The number of nitrogens with zero attached hydrogens (tertiary/aromatic N) is 3. The van der Waals surface area contributed by atoms with E-state index in [0.29, 0.717) is 48.3 Å². The average Bonchev–Trinajstić information content (AvgIpc) is 2.67. The molecule has 1 amide bonds. The zero-order valence-corrected chi connectivity index (χ0v) is 16.9. The molecule has 0 saturated carbocycles. The Labute approximate surface area is 172 Å². The highest BCUT2D eigenvalue weighted by Gasteiger charge is 2.22. The first-order chi connectivity index (χ1) is 13.4. The van der Waals surface area contributed by atoms with Crippen molar-refractivity contribution in [1.82, 2.24) is 14.4 Å². The van der Waals surface area contributed by atoms with Crippen LogP contribution in [0.4, 0.5) is 4.79 Å². The number of ether oxygens (including phenoxy) is 1. The molecule has 0 atom stereocenters. The Kier molecular flexibility index (Phi) is 6.49. The molecule has 0 aliphatic carbocycles. The third-order valence-electron chi connectivity index (χ3n) is 4.70. The van der Waals surface area contributed by atoms with Crippen molar-refractivity contribution in [2.45, 2.75) is 13.1 Å². The van der Waals surface area contributed by atoms with E-state index in [1.807, 2.05) is 0 Å². The lowest BCUT2D eigenvalue weighted by Crippen LogP contribution is -2.48. The van der Waals surface area contributed by atoms with E-state index in [2.05, 4.69) is 4.90 Å². The van der Waals surface area contributed by atoms with Gasteiger partial charge in [-0.05, 0) is 29.8 Å². The topological polar surface area (TPSA) is 75.0 Å². The van der Waals surface area contributed by atoms with Crippen molar-refractivity contribution < 1.29 is 14.6 Å². The summed E-state index contributed by atoms with van der Waals surface area (Å²) in [4.78, 5) is 27.8. The molecule has 1 N–H and O–H groups in total. The Hall–Kier alpha value is -2.22. The fourth-order valence-electron chi connectivity index (χ4n) is 3.21. The molecule has 0 unspecified atom stereocenters. The molecular formula is C19H21Cl2N3O4. The fourth-order valence-corrected chi connectivity index (χ4v) is 3.78. The van der Waals surface area contributed by atoms with Crippen molar-refractivity contribution in [3.63, 3.8) is 0 Å². The molecule has 0 bridgehead atoms. The Morgan fingerprint density at radius 1 is 1.11 bits per heavy atom. The quantitative estimate of drug-likeness (QED) is 0.814. The molecule has 0 spiro atoms. The molecule has 150 valence electrons. The number of aromatic nitrogens is 1. The molecule has 2 aromatic rings. The van der Waals surface area contributed by atoms with Crippen molar-refractivity contribution in [1.29, 1.82) is 0 Å². The van der Waals surface area contributed by atoms with Gasteiger partial charge in [0.15, 0.2) is 5.75 Å². The molecule has 1 fully saturated rings. The van der Waals surface area contributed by atoms with Crippen molar-refractivity contribution in [3.8, 4) is 5.75 Å². The summed E-state index contributed by atoms with van der Waals surface area (Å²) < 4.78 is 6.14. The van der Waals surface area contributed by atoms with E-state index in [9.17, 15) is 14.7 Å². The summed E-state index contributed by atoms with van der Waals surface area (Å²) in [6, 6.07) is 6.81. The maximum absolute atomic E-state index is 12.5. The number of pyridine rings is 1. The monoisotopic (exact) mass is 425 g/mol. The van der Waals surface area contributed by atoms with Gasteiger partial charge in [-0.2, -0.15) is 0 Å². The number of amides is 1. The summed E-state index contributed by atoms with van der Waals surface area (Å²) in [5.74, 6) is -0.272. The van der Waals surface area contributed by atoms with E-state index in [1.165, 1.54) is 11.7 Å². The standard InChI is InChI=1S/C19H21Cl2N3O4/c1-28-19(27)23-6-4-22(5-7-23)12-14-2-3-24(18(26)17(14)25)11-13-8-15(20)10-16(21)9-13/h2-3,8-10,25H,4-7,11-12H2,1H3. The lowest BCUT2D eigenvalue weighted by Gasteiger charge is -2.33. The van der Waals surface area contributed by atoms with Gasteiger partial charge in [-0.1, -0.05) is 23.2 Å². The fraction of sp³-hybridized carbons (Fsp3) is 0.368. The summed E-state index contributed by atoms with van der Waals surface area (Å²) in [6.45, 7) is 3.04. The van der Waals surface area contributed by atoms with Crippen LogP contribution in [-0.4, -0.2) is 58.9 Å². The maximum atomic E-state index is 12.5. The second kappa shape index (κ2) is 8.86. The first-order valence-corrected chi connectivity index (χ1v) is 9.54. The number of carbonyl (C=O) groups excluding carboxylic acids is 1. The molecule has 1 aromatic carbocycles. The molecule has 1 saturated heterocycles. The van der Waals surface area contributed by atoms with Crippen LogP contribution in [0, 0.1) is 0 Å². The lowest BCUT2D eigenvalue weighted by molar-refractivity contribution is 0.0885. The summed E-state index contributed by atoms with van der Waals surface area (Å²) >= 11 is 12.0. The minimum Gasteiger partial charge on any atom is -0.503 e. The maximum Gasteiger partial charge on any atom is 0.409 e. The van der Waals surface area contributed by atoms with Crippen LogP contribution < -0.4 is 5.56 Å². The van der Waals surface area contributed by atoms with E-state index >= 15 is 0 Å². The SMILES string of the molecule is COC(=O)N1CCN(Cc2ccn(Cc3cc(Cl)cc(Cl)c3)c(=O)c2O)CC1. The minimum absolute atomic E-state index is 0.255. The number of carbonyl (C=O) groups is 1.